The summed E-state index contributed by atoms with van der Waals surface area (Å²) in [5.41, 5.74) is 11.6. The Balaban J connectivity index is 1.00. The quantitative estimate of drug-likeness (QED) is 0.153. The summed E-state index contributed by atoms with van der Waals surface area (Å²) in [6.45, 7) is 4.32. The monoisotopic (exact) mass is 834 g/mol. The van der Waals surface area contributed by atoms with Gasteiger partial charge in [0.05, 0.1) is 32.2 Å². The van der Waals surface area contributed by atoms with Crippen molar-refractivity contribution in [3.8, 4) is 50.7 Å². The third-order valence-electron chi connectivity index (χ3n) is 12.2. The van der Waals surface area contributed by atoms with Crippen molar-refractivity contribution in [3.63, 3.8) is 0 Å². The third kappa shape index (κ3) is 6.96. The third-order valence-corrected chi connectivity index (χ3v) is 12.2. The molecular weight excluding hydrogens is 781 g/mol. The van der Waals surface area contributed by atoms with E-state index >= 15 is 0 Å². The number of aryl methyl sites for hydroxylation is 1. The zero-order valence-electron chi connectivity index (χ0n) is 41.8. The Morgan fingerprint density at radius 3 is 1.91 bits per heavy atom. The minimum Gasteiger partial charge on any atom is -0.457 e. The number of ether oxygens (including phenoxy) is 1. The largest absolute Gasteiger partial charge is 0.457 e. The number of aromatic nitrogens is 2. The fraction of sp³-hybridized carbons (Fsp3) is 0.102. The van der Waals surface area contributed by atoms with E-state index in [9.17, 15) is 1.37 Å². The van der Waals surface area contributed by atoms with E-state index in [4.69, 9.17) is 16.6 Å². The second kappa shape index (κ2) is 15.8. The number of pyridine rings is 1. The lowest BCUT2D eigenvalue weighted by molar-refractivity contribution is 0.483. The van der Waals surface area contributed by atoms with Crippen molar-refractivity contribution in [2.24, 2.45) is 0 Å². The van der Waals surface area contributed by atoms with Gasteiger partial charge in [0.2, 0.25) is 0 Å². The van der Waals surface area contributed by atoms with E-state index in [2.05, 4.69) is 74.2 Å². The molecule has 8 aromatic carbocycles. The number of anilines is 4. The molecule has 0 fully saturated rings. The van der Waals surface area contributed by atoms with Gasteiger partial charge in [-0.25, -0.2) is 4.98 Å². The van der Waals surface area contributed by atoms with Gasteiger partial charge in [-0.3, -0.25) is 4.57 Å². The van der Waals surface area contributed by atoms with E-state index in [0.29, 0.717) is 29.5 Å². The van der Waals surface area contributed by atoms with Gasteiger partial charge in [0.15, 0.2) is 0 Å². The topological polar surface area (TPSA) is 33.5 Å². The highest BCUT2D eigenvalue weighted by atomic mass is 16.5. The normalized spacial score (nSPS) is 14.1. The van der Waals surface area contributed by atoms with E-state index in [1.807, 2.05) is 131 Å². The Kier molecular flexibility index (Phi) is 8.08. The smallest absolute Gasteiger partial charge is 0.137 e. The number of hydrogen-bond donors (Lipinski definition) is 0. The zero-order chi connectivity index (χ0) is 48.5. The molecule has 310 valence electrons. The molecule has 0 aliphatic carbocycles. The lowest BCUT2D eigenvalue weighted by Crippen LogP contribution is -2.24. The lowest BCUT2D eigenvalue weighted by Gasteiger charge is -2.27. The molecule has 0 unspecified atom stereocenters. The first-order chi connectivity index (χ1) is 33.7. The van der Waals surface area contributed by atoms with Crippen LogP contribution in [0.4, 0.5) is 22.7 Å². The molecule has 3 heterocycles. The second-order valence-electron chi connectivity index (χ2n) is 17.2. The van der Waals surface area contributed by atoms with Gasteiger partial charge >= 0.3 is 0 Å². The molecule has 0 amide bonds. The van der Waals surface area contributed by atoms with E-state index < -0.39 is 6.85 Å². The molecule has 0 N–H and O–H groups in total. The maximum absolute atomic E-state index is 9.33. The van der Waals surface area contributed by atoms with Crippen LogP contribution in [0.3, 0.4) is 0 Å². The van der Waals surface area contributed by atoms with E-state index in [1.54, 1.807) is 18.3 Å². The van der Waals surface area contributed by atoms with Crippen LogP contribution >= 0.6 is 0 Å². The summed E-state index contributed by atoms with van der Waals surface area (Å²) in [5, 5.41) is 1.84. The molecule has 1 aliphatic rings. The van der Waals surface area contributed by atoms with Crippen molar-refractivity contribution in [1.82, 2.24) is 9.55 Å². The van der Waals surface area contributed by atoms with E-state index in [0.717, 1.165) is 72.2 Å². The highest BCUT2D eigenvalue weighted by molar-refractivity contribution is 6.09. The maximum atomic E-state index is 9.33. The molecule has 0 atom stereocenters. The minimum absolute atomic E-state index is 0.0578. The fourth-order valence-electron chi connectivity index (χ4n) is 9.03. The number of nitrogens with zero attached hydrogens (tertiary/aromatic N) is 4. The first kappa shape index (κ1) is 32.8. The number of para-hydroxylation sites is 4. The summed E-state index contributed by atoms with van der Waals surface area (Å²) in [5.74, 6) is 0.947. The molecule has 11 rings (SSSR count). The van der Waals surface area contributed by atoms with E-state index in [-0.39, 0.29) is 34.9 Å². The van der Waals surface area contributed by atoms with Gasteiger partial charge < -0.3 is 14.5 Å². The molecule has 0 radical (unpaired) electrons. The highest BCUT2D eigenvalue weighted by Crippen LogP contribution is 2.50. The molecule has 2 aromatic heterocycles. The van der Waals surface area contributed by atoms with Crippen molar-refractivity contribution < 1.29 is 13.0 Å². The van der Waals surface area contributed by atoms with E-state index in [1.165, 1.54) is 0 Å². The Labute approximate surface area is 383 Å². The molecular formula is C59H48N4O. The molecule has 0 saturated heterocycles. The Hall–Kier alpha value is -7.89. The zero-order valence-corrected chi connectivity index (χ0v) is 35.8. The SMILES string of the molecule is [2H]c1c(Oc2ccc3c4ccccc4n(-c4cc(C([2H])([2H])[2H])c(-c5ccc(C(C)(C)C)cc5)cn4)c3c2)cc(N2CN(c3c(-c4ccccc4)cccc3-c3ccccc3)c3ccccc32)c([2H])c1[2H]. The molecule has 0 spiro atoms. The first-order valence-electron chi connectivity index (χ1n) is 24.6. The molecule has 5 nitrogen and oxygen atoms in total. The van der Waals surface area contributed by atoms with Crippen LogP contribution in [0.15, 0.2) is 206 Å². The number of fused-ring (bicyclic) bond motifs is 4. The van der Waals surface area contributed by atoms with Crippen LogP contribution in [0.25, 0.3) is 61.0 Å². The van der Waals surface area contributed by atoms with Gasteiger partial charge in [0.25, 0.3) is 0 Å². The molecule has 0 saturated carbocycles. The Bertz CT molecular complexity index is 3560. The molecule has 5 heteroatoms. The van der Waals surface area contributed by atoms with Crippen LogP contribution < -0.4 is 14.5 Å². The molecule has 64 heavy (non-hydrogen) atoms. The molecule has 1 aliphatic heterocycles. The summed E-state index contributed by atoms with van der Waals surface area (Å²) in [7, 11) is 0. The summed E-state index contributed by atoms with van der Waals surface area (Å²) in [6, 6.07) is 59.5. The standard InChI is InChI=1S/C59H48N4O/c1-40-35-57(60-38-52(40)43-29-31-44(32-30-43)59(2,3)4)63-53-26-12-11-23-50(53)51-34-33-47(37-56(51)63)64-46-22-15-21-45(36-46)61-39-62(55-28-14-13-27-54(55)61)58-48(41-17-7-5-8-18-41)24-16-25-49(58)42-19-9-6-10-20-42/h5-38H,39H2,1-4H3/i1D3,15D,21D,22D. The van der Waals surface area contributed by atoms with Crippen molar-refractivity contribution >= 4 is 44.6 Å². The number of rotatable bonds is 8. The van der Waals surface area contributed by atoms with Crippen LogP contribution in [0.2, 0.25) is 0 Å². The fourth-order valence-corrected chi connectivity index (χ4v) is 9.03. The first-order valence-corrected chi connectivity index (χ1v) is 21.6. The second-order valence-corrected chi connectivity index (χ2v) is 17.2. The van der Waals surface area contributed by atoms with Crippen molar-refractivity contribution in [2.45, 2.75) is 33.0 Å². The predicted molar refractivity (Wildman–Crippen MR) is 267 cm³/mol. The van der Waals surface area contributed by atoms with Crippen molar-refractivity contribution in [2.75, 3.05) is 16.5 Å². The highest BCUT2D eigenvalue weighted by Gasteiger charge is 2.31. The number of hydrogen-bond acceptors (Lipinski definition) is 4. The van der Waals surface area contributed by atoms with Crippen molar-refractivity contribution in [1.29, 1.82) is 0 Å². The van der Waals surface area contributed by atoms with Crippen LogP contribution in [-0.4, -0.2) is 16.2 Å². The lowest BCUT2D eigenvalue weighted by atomic mass is 9.86. The Morgan fingerprint density at radius 2 is 1.20 bits per heavy atom. The van der Waals surface area contributed by atoms with Crippen LogP contribution in [-0.2, 0) is 5.41 Å². The minimum atomic E-state index is -2.44. The Morgan fingerprint density at radius 1 is 0.562 bits per heavy atom. The van der Waals surface area contributed by atoms with Gasteiger partial charge in [-0.2, -0.15) is 0 Å². The summed E-state index contributed by atoms with van der Waals surface area (Å²) in [6.07, 6.45) is 1.65. The van der Waals surface area contributed by atoms with Crippen LogP contribution in [0.1, 0.15) is 40.1 Å². The van der Waals surface area contributed by atoms with Gasteiger partial charge in [-0.1, -0.05) is 160 Å². The maximum Gasteiger partial charge on any atom is 0.137 e. The van der Waals surface area contributed by atoms with Gasteiger partial charge in [-0.15, -0.1) is 0 Å². The number of benzene rings is 8. The predicted octanol–water partition coefficient (Wildman–Crippen LogP) is 15.8. The van der Waals surface area contributed by atoms with Crippen LogP contribution in [0.5, 0.6) is 11.5 Å². The summed E-state index contributed by atoms with van der Waals surface area (Å²) in [4.78, 5) is 9.22. The summed E-state index contributed by atoms with van der Waals surface area (Å²) < 4.78 is 62.1. The molecule has 0 bridgehead atoms. The van der Waals surface area contributed by atoms with Crippen LogP contribution in [0, 0.1) is 6.85 Å². The molecule has 10 aromatic rings. The average Bonchev–Trinajstić information content (AvgIpc) is 3.92. The average molecular weight is 835 g/mol. The van der Waals surface area contributed by atoms with Crippen molar-refractivity contribution in [3.05, 3.63) is 217 Å². The summed E-state index contributed by atoms with van der Waals surface area (Å²) >= 11 is 0. The van der Waals surface area contributed by atoms with Gasteiger partial charge in [0.1, 0.15) is 24.0 Å². The van der Waals surface area contributed by atoms with Gasteiger partial charge in [-0.05, 0) is 88.6 Å². The van der Waals surface area contributed by atoms with Gasteiger partial charge in [0, 0.05) is 55.6 Å².